The lowest BCUT2D eigenvalue weighted by atomic mass is 10.3. The van der Waals surface area contributed by atoms with Gasteiger partial charge >= 0.3 is 0 Å². The molecule has 0 aromatic heterocycles. The van der Waals surface area contributed by atoms with E-state index >= 15 is 0 Å². The molecule has 0 bridgehead atoms. The fourth-order valence-corrected chi connectivity index (χ4v) is 0.891. The molecular formula is C8H16N2O2. The molecule has 0 heterocycles. The van der Waals surface area contributed by atoms with Gasteiger partial charge in [-0.1, -0.05) is 13.3 Å². The highest BCUT2D eigenvalue weighted by molar-refractivity contribution is 5.48. The lowest BCUT2D eigenvalue weighted by molar-refractivity contribution is -0.108. The second-order valence-electron chi connectivity index (χ2n) is 2.70. The van der Waals surface area contributed by atoms with Crippen LogP contribution in [0.3, 0.4) is 0 Å². The van der Waals surface area contributed by atoms with Crippen LogP contribution in [0.4, 0.5) is 0 Å². The van der Waals surface area contributed by atoms with E-state index in [1.54, 1.807) is 0 Å². The maximum Gasteiger partial charge on any atom is 0.120 e. The fraction of sp³-hybridized carbons (Fsp3) is 0.875. The van der Waals surface area contributed by atoms with Crippen molar-refractivity contribution in [2.45, 2.75) is 32.6 Å². The Labute approximate surface area is 72.9 Å². The third kappa shape index (κ3) is 5.82. The van der Waals surface area contributed by atoms with Crippen LogP contribution in [-0.2, 0) is 4.79 Å². The molecule has 0 aliphatic rings. The van der Waals surface area contributed by atoms with Crippen LogP contribution in [0.25, 0.3) is 0 Å². The topological polar surface area (TPSA) is 49.7 Å². The number of carbonyl (C=O) groups is 1. The molecule has 4 nitrogen and oxygen atoms in total. The number of carbonyl (C=O) groups excluding carboxylic acids is 1. The Morgan fingerprint density at radius 2 is 2.00 bits per heavy atom. The highest BCUT2D eigenvalue weighted by Crippen LogP contribution is 1.98. The summed E-state index contributed by atoms with van der Waals surface area (Å²) in [6.07, 6.45) is 4.13. The fourth-order valence-electron chi connectivity index (χ4n) is 0.891. The van der Waals surface area contributed by atoms with Gasteiger partial charge in [0.15, 0.2) is 0 Å². The Morgan fingerprint density at radius 3 is 2.50 bits per heavy atom. The minimum atomic E-state index is 0.512. The van der Waals surface area contributed by atoms with Crippen molar-refractivity contribution in [1.82, 2.24) is 5.01 Å². The normalized spacial score (nSPS) is 9.42. The van der Waals surface area contributed by atoms with E-state index in [1.807, 2.05) is 0 Å². The Kier molecular flexibility index (Phi) is 7.54. The monoisotopic (exact) mass is 172 g/mol. The van der Waals surface area contributed by atoms with Crippen LogP contribution in [0.15, 0.2) is 5.29 Å². The average Bonchev–Trinajstić information content (AvgIpc) is 2.11. The molecule has 12 heavy (non-hydrogen) atoms. The molecule has 0 aromatic carbocycles. The van der Waals surface area contributed by atoms with Gasteiger partial charge in [-0.05, 0) is 12.8 Å². The zero-order chi connectivity index (χ0) is 9.23. The van der Waals surface area contributed by atoms with Crippen LogP contribution >= 0.6 is 0 Å². The van der Waals surface area contributed by atoms with E-state index in [9.17, 15) is 9.70 Å². The number of nitroso groups, excluding NO2 is 1. The van der Waals surface area contributed by atoms with E-state index in [4.69, 9.17) is 0 Å². The maximum atomic E-state index is 10.2. The number of hydrogen-bond acceptors (Lipinski definition) is 3. The second-order valence-corrected chi connectivity index (χ2v) is 2.70. The van der Waals surface area contributed by atoms with Crippen molar-refractivity contribution in [3.63, 3.8) is 0 Å². The van der Waals surface area contributed by atoms with Crippen molar-refractivity contribution in [2.75, 3.05) is 13.1 Å². The molecule has 0 radical (unpaired) electrons. The molecule has 0 rings (SSSR count). The molecule has 0 aromatic rings. The molecule has 0 fully saturated rings. The van der Waals surface area contributed by atoms with Crippen LogP contribution in [0.1, 0.15) is 32.6 Å². The largest absolute Gasteiger partial charge is 0.303 e. The average molecular weight is 172 g/mol. The predicted molar refractivity (Wildman–Crippen MR) is 47.6 cm³/mol. The lowest BCUT2D eigenvalue weighted by Gasteiger charge is -2.12. The van der Waals surface area contributed by atoms with Crippen molar-refractivity contribution >= 4 is 6.29 Å². The summed E-state index contributed by atoms with van der Waals surface area (Å²) in [5, 5.41) is 4.34. The van der Waals surface area contributed by atoms with Gasteiger partial charge in [-0.15, -0.1) is 4.91 Å². The molecule has 0 amide bonds. The molecule has 0 N–H and O–H groups in total. The first-order valence-corrected chi connectivity index (χ1v) is 4.37. The van der Waals surface area contributed by atoms with Gasteiger partial charge in [0.1, 0.15) is 6.29 Å². The van der Waals surface area contributed by atoms with Crippen molar-refractivity contribution in [2.24, 2.45) is 5.29 Å². The number of hydrogen-bond donors (Lipinski definition) is 0. The first-order valence-electron chi connectivity index (χ1n) is 4.37. The Morgan fingerprint density at radius 1 is 1.33 bits per heavy atom. The SMILES string of the molecule is CCCCN(CCCC=O)N=O. The Bertz CT molecular complexity index is 128. The zero-order valence-corrected chi connectivity index (χ0v) is 7.53. The standard InChI is InChI=1S/C8H16N2O2/c1-2-3-6-10(9-12)7-4-5-8-11/h8H,2-7H2,1H3. The van der Waals surface area contributed by atoms with E-state index in [-0.39, 0.29) is 0 Å². The maximum absolute atomic E-state index is 10.2. The Balaban J connectivity index is 3.38. The molecule has 0 aliphatic heterocycles. The van der Waals surface area contributed by atoms with Gasteiger partial charge in [0.05, 0.1) is 5.29 Å². The van der Waals surface area contributed by atoms with E-state index in [1.165, 1.54) is 5.01 Å². The summed E-state index contributed by atoms with van der Waals surface area (Å²) in [6.45, 7) is 3.37. The summed E-state index contributed by atoms with van der Waals surface area (Å²) in [5.41, 5.74) is 0. The van der Waals surface area contributed by atoms with Gasteiger partial charge in [0.2, 0.25) is 0 Å². The minimum Gasteiger partial charge on any atom is -0.303 e. The molecule has 4 heteroatoms. The summed E-state index contributed by atoms with van der Waals surface area (Å²) in [5.74, 6) is 0. The summed E-state index contributed by atoms with van der Waals surface area (Å²) in [6, 6.07) is 0. The third-order valence-corrected chi connectivity index (χ3v) is 1.62. The van der Waals surface area contributed by atoms with Crippen LogP contribution in [0.5, 0.6) is 0 Å². The molecule has 0 atom stereocenters. The number of aldehydes is 1. The van der Waals surface area contributed by atoms with Crippen LogP contribution in [-0.4, -0.2) is 24.4 Å². The van der Waals surface area contributed by atoms with Gasteiger partial charge < -0.3 is 4.79 Å². The van der Waals surface area contributed by atoms with Gasteiger partial charge in [-0.3, -0.25) is 5.01 Å². The molecule has 0 saturated heterocycles. The predicted octanol–water partition coefficient (Wildman–Crippen LogP) is 1.75. The van der Waals surface area contributed by atoms with Crippen molar-refractivity contribution in [1.29, 1.82) is 0 Å². The van der Waals surface area contributed by atoms with Crippen molar-refractivity contribution < 1.29 is 4.79 Å². The highest BCUT2D eigenvalue weighted by Gasteiger charge is 2.00. The lowest BCUT2D eigenvalue weighted by Crippen LogP contribution is -2.19. The van der Waals surface area contributed by atoms with Crippen LogP contribution in [0.2, 0.25) is 0 Å². The Hall–Kier alpha value is -0.930. The van der Waals surface area contributed by atoms with Crippen molar-refractivity contribution in [3.8, 4) is 0 Å². The highest BCUT2D eigenvalue weighted by atomic mass is 16.3. The van der Waals surface area contributed by atoms with Gasteiger partial charge in [-0.25, -0.2) is 0 Å². The second kappa shape index (κ2) is 8.17. The third-order valence-electron chi connectivity index (χ3n) is 1.62. The van der Waals surface area contributed by atoms with E-state index < -0.39 is 0 Å². The first kappa shape index (κ1) is 11.1. The summed E-state index contributed by atoms with van der Waals surface area (Å²) < 4.78 is 0. The van der Waals surface area contributed by atoms with Gasteiger partial charge in [-0.2, -0.15) is 0 Å². The zero-order valence-electron chi connectivity index (χ0n) is 7.53. The molecular weight excluding hydrogens is 156 g/mol. The molecule has 0 spiro atoms. The molecule has 0 unspecified atom stereocenters. The molecule has 0 saturated carbocycles. The summed E-state index contributed by atoms with van der Waals surface area (Å²) in [7, 11) is 0. The minimum absolute atomic E-state index is 0.512. The molecule has 0 aliphatic carbocycles. The smallest absolute Gasteiger partial charge is 0.120 e. The number of nitrogens with zero attached hydrogens (tertiary/aromatic N) is 2. The van der Waals surface area contributed by atoms with Crippen molar-refractivity contribution in [3.05, 3.63) is 4.91 Å². The van der Waals surface area contributed by atoms with E-state index in [0.717, 1.165) is 25.5 Å². The summed E-state index contributed by atoms with van der Waals surface area (Å²) >= 11 is 0. The number of unbranched alkanes of at least 4 members (excludes halogenated alkanes) is 2. The van der Waals surface area contributed by atoms with Crippen LogP contribution < -0.4 is 0 Å². The first-order chi connectivity index (χ1) is 5.85. The van der Waals surface area contributed by atoms with Crippen LogP contribution in [0, 0.1) is 4.91 Å². The van der Waals surface area contributed by atoms with E-state index in [2.05, 4.69) is 12.2 Å². The molecule has 70 valence electrons. The number of rotatable bonds is 8. The van der Waals surface area contributed by atoms with Gasteiger partial charge in [0, 0.05) is 19.5 Å². The summed E-state index contributed by atoms with van der Waals surface area (Å²) in [4.78, 5) is 20.2. The van der Waals surface area contributed by atoms with Gasteiger partial charge in [0.25, 0.3) is 0 Å². The van der Waals surface area contributed by atoms with E-state index in [0.29, 0.717) is 19.5 Å². The quantitative estimate of drug-likeness (QED) is 0.242.